The van der Waals surface area contributed by atoms with Crippen molar-refractivity contribution in [2.75, 3.05) is 42.3 Å². The van der Waals surface area contributed by atoms with Gasteiger partial charge in [-0.1, -0.05) is 18.2 Å². The van der Waals surface area contributed by atoms with Crippen molar-refractivity contribution in [1.29, 1.82) is 0 Å². The predicted molar refractivity (Wildman–Crippen MR) is 133 cm³/mol. The Morgan fingerprint density at radius 1 is 1.00 bits per heavy atom. The topological polar surface area (TPSA) is 105 Å². The van der Waals surface area contributed by atoms with Crippen LogP contribution in [-0.4, -0.2) is 61.9 Å². The Balaban J connectivity index is 1.24. The Hall–Kier alpha value is -2.90. The van der Waals surface area contributed by atoms with E-state index in [9.17, 15) is 31.7 Å². The average Bonchev–Trinajstić information content (AvgIpc) is 2.88. The summed E-state index contributed by atoms with van der Waals surface area (Å²) in [6.07, 6.45) is -2.87. The quantitative estimate of drug-likeness (QED) is 0.388. The Morgan fingerprint density at radius 3 is 2.24 bits per heavy atom. The predicted octanol–water partition coefficient (Wildman–Crippen LogP) is 4.46. The maximum Gasteiger partial charge on any atom is 0.423 e. The van der Waals surface area contributed by atoms with E-state index in [0.717, 1.165) is 17.8 Å². The normalized spacial score (nSPS) is 21.5. The first kappa shape index (κ1) is 27.1. The van der Waals surface area contributed by atoms with Crippen molar-refractivity contribution in [2.24, 2.45) is 0 Å². The molecule has 2 aromatic rings. The van der Waals surface area contributed by atoms with Crippen LogP contribution < -0.4 is 10.2 Å². The van der Waals surface area contributed by atoms with Crippen LogP contribution in [0.1, 0.15) is 31.2 Å². The standard InChI is InChI=1S/C24H29F3N4O5S/c25-24(26,27)22-16-19(8-11-23(22)31(32)33)28-18-6-9-21(10-7-18)36-17-37(34,35)30-14-12-29(13-15-30)20-4-2-1-3-5-20/h1-5,8,11,16,18,21,28H,6-7,9-10,12-15,17H2. The first-order valence-electron chi connectivity index (χ1n) is 12.0. The monoisotopic (exact) mass is 542 g/mol. The Morgan fingerprint density at radius 2 is 1.65 bits per heavy atom. The molecule has 2 fully saturated rings. The van der Waals surface area contributed by atoms with Gasteiger partial charge in [0.25, 0.3) is 5.69 Å². The molecular formula is C24H29F3N4O5S. The summed E-state index contributed by atoms with van der Waals surface area (Å²) in [6.45, 7) is 1.95. The fourth-order valence-electron chi connectivity index (χ4n) is 4.74. The molecule has 4 rings (SSSR count). The summed E-state index contributed by atoms with van der Waals surface area (Å²) in [7, 11) is -3.57. The summed E-state index contributed by atoms with van der Waals surface area (Å²) >= 11 is 0. The zero-order valence-electron chi connectivity index (χ0n) is 20.1. The molecule has 1 heterocycles. The van der Waals surface area contributed by atoms with Gasteiger partial charge in [0.15, 0.2) is 5.94 Å². The largest absolute Gasteiger partial charge is 0.423 e. The minimum Gasteiger partial charge on any atom is -0.382 e. The van der Waals surface area contributed by atoms with E-state index < -0.39 is 38.3 Å². The maximum atomic E-state index is 13.2. The average molecular weight is 543 g/mol. The number of anilines is 2. The highest BCUT2D eigenvalue weighted by atomic mass is 32.2. The number of hydrogen-bond acceptors (Lipinski definition) is 7. The molecule has 0 aromatic heterocycles. The second-order valence-electron chi connectivity index (χ2n) is 9.22. The molecule has 2 aromatic carbocycles. The molecule has 9 nitrogen and oxygen atoms in total. The van der Waals surface area contributed by atoms with E-state index in [1.54, 1.807) is 0 Å². The summed E-state index contributed by atoms with van der Waals surface area (Å²) in [6, 6.07) is 12.5. The Kier molecular flexibility index (Phi) is 8.24. The molecule has 0 spiro atoms. The number of halogens is 3. The molecular weight excluding hydrogens is 513 g/mol. The van der Waals surface area contributed by atoms with Crippen LogP contribution in [0.2, 0.25) is 0 Å². The minimum atomic E-state index is -4.84. The maximum absolute atomic E-state index is 13.2. The number of sulfonamides is 1. The van der Waals surface area contributed by atoms with Gasteiger partial charge in [0.05, 0.1) is 11.0 Å². The molecule has 13 heteroatoms. The number of alkyl halides is 3. The summed E-state index contributed by atoms with van der Waals surface area (Å²) in [5, 5.41) is 13.9. The van der Waals surface area contributed by atoms with Crippen LogP contribution in [0.25, 0.3) is 0 Å². The second kappa shape index (κ2) is 11.2. The fourth-order valence-corrected chi connectivity index (χ4v) is 5.97. The van der Waals surface area contributed by atoms with E-state index in [2.05, 4.69) is 10.2 Å². The lowest BCUT2D eigenvalue weighted by atomic mass is 9.92. The molecule has 0 bridgehead atoms. The molecule has 1 saturated heterocycles. The van der Waals surface area contributed by atoms with Crippen LogP contribution in [0.3, 0.4) is 0 Å². The van der Waals surface area contributed by atoms with Crippen molar-refractivity contribution < 1.29 is 31.2 Å². The van der Waals surface area contributed by atoms with Crippen molar-refractivity contribution in [3.05, 3.63) is 64.2 Å². The van der Waals surface area contributed by atoms with Gasteiger partial charge in [0, 0.05) is 49.7 Å². The van der Waals surface area contributed by atoms with Gasteiger partial charge < -0.3 is 15.0 Å². The van der Waals surface area contributed by atoms with Crippen molar-refractivity contribution in [3.8, 4) is 0 Å². The van der Waals surface area contributed by atoms with Gasteiger partial charge in [-0.25, -0.2) is 8.42 Å². The molecule has 2 aliphatic rings. The van der Waals surface area contributed by atoms with Gasteiger partial charge in [0.2, 0.25) is 10.0 Å². The van der Waals surface area contributed by atoms with Crippen molar-refractivity contribution in [3.63, 3.8) is 0 Å². The summed E-state index contributed by atoms with van der Waals surface area (Å²) < 4.78 is 72.4. The highest BCUT2D eigenvalue weighted by Gasteiger charge is 2.38. The summed E-state index contributed by atoms with van der Waals surface area (Å²) in [4.78, 5) is 12.0. The van der Waals surface area contributed by atoms with Crippen LogP contribution >= 0.6 is 0 Å². The van der Waals surface area contributed by atoms with E-state index >= 15 is 0 Å². The van der Waals surface area contributed by atoms with E-state index in [4.69, 9.17) is 4.74 Å². The highest BCUT2D eigenvalue weighted by molar-refractivity contribution is 7.88. The lowest BCUT2D eigenvalue weighted by molar-refractivity contribution is -0.388. The third-order valence-corrected chi connectivity index (χ3v) is 8.34. The van der Waals surface area contributed by atoms with Crippen LogP contribution in [0.15, 0.2) is 48.5 Å². The van der Waals surface area contributed by atoms with Crippen LogP contribution in [0, 0.1) is 10.1 Å². The van der Waals surface area contributed by atoms with Crippen molar-refractivity contribution in [2.45, 2.75) is 44.0 Å². The van der Waals surface area contributed by atoms with E-state index in [1.165, 1.54) is 10.4 Å². The van der Waals surface area contributed by atoms with Crippen molar-refractivity contribution in [1.82, 2.24) is 4.31 Å². The zero-order chi connectivity index (χ0) is 26.6. The van der Waals surface area contributed by atoms with Crippen molar-refractivity contribution >= 4 is 27.1 Å². The number of para-hydroxylation sites is 1. The van der Waals surface area contributed by atoms with Gasteiger partial charge >= 0.3 is 6.18 Å². The van der Waals surface area contributed by atoms with Crippen LogP contribution in [0.5, 0.6) is 0 Å². The molecule has 0 amide bonds. The number of piperazine rings is 1. The first-order valence-corrected chi connectivity index (χ1v) is 13.7. The molecule has 1 N–H and O–H groups in total. The molecule has 1 aliphatic carbocycles. The van der Waals surface area contributed by atoms with Crippen LogP contribution in [0.4, 0.5) is 30.2 Å². The fraction of sp³-hybridized carbons (Fsp3) is 0.500. The number of hydrogen-bond donors (Lipinski definition) is 1. The Bertz CT molecular complexity index is 1180. The minimum absolute atomic E-state index is 0.148. The molecule has 1 aliphatic heterocycles. The number of rotatable bonds is 8. The Labute approximate surface area is 213 Å². The number of nitro groups is 1. The van der Waals surface area contributed by atoms with Gasteiger partial charge in [0.1, 0.15) is 5.56 Å². The number of benzene rings is 2. The number of nitrogens with zero attached hydrogens (tertiary/aromatic N) is 3. The van der Waals surface area contributed by atoms with E-state index in [1.807, 2.05) is 30.3 Å². The molecule has 0 radical (unpaired) electrons. The van der Waals surface area contributed by atoms with E-state index in [0.29, 0.717) is 51.9 Å². The van der Waals surface area contributed by atoms with Gasteiger partial charge in [-0.2, -0.15) is 17.5 Å². The first-order chi connectivity index (χ1) is 17.5. The molecule has 0 unspecified atom stereocenters. The molecule has 0 atom stereocenters. The zero-order valence-corrected chi connectivity index (χ0v) is 20.9. The lowest BCUT2D eigenvalue weighted by Crippen LogP contribution is -2.49. The highest BCUT2D eigenvalue weighted by Crippen LogP contribution is 2.38. The molecule has 1 saturated carbocycles. The lowest BCUT2D eigenvalue weighted by Gasteiger charge is -2.36. The molecule has 37 heavy (non-hydrogen) atoms. The number of nitrogens with one attached hydrogen (secondary N) is 1. The number of ether oxygens (including phenoxy) is 1. The third-order valence-electron chi connectivity index (χ3n) is 6.75. The smallest absolute Gasteiger partial charge is 0.382 e. The van der Waals surface area contributed by atoms with Crippen LogP contribution in [-0.2, 0) is 20.9 Å². The van der Waals surface area contributed by atoms with Gasteiger partial charge in [-0.15, -0.1) is 0 Å². The SMILES string of the molecule is O=[N+]([O-])c1ccc(NC2CCC(OCS(=O)(=O)N3CCN(c4ccccc4)CC3)CC2)cc1C(F)(F)F. The molecule has 202 valence electrons. The van der Waals surface area contributed by atoms with E-state index in [-0.39, 0.29) is 17.8 Å². The summed E-state index contributed by atoms with van der Waals surface area (Å²) in [5.74, 6) is -0.404. The third kappa shape index (κ3) is 6.90. The number of nitro benzene ring substituents is 1. The van der Waals surface area contributed by atoms with Gasteiger partial charge in [-0.3, -0.25) is 10.1 Å². The van der Waals surface area contributed by atoms with Gasteiger partial charge in [-0.05, 0) is 49.9 Å². The second-order valence-corrected chi connectivity index (χ2v) is 11.1. The summed E-state index contributed by atoms with van der Waals surface area (Å²) in [5.41, 5.74) is -1.07.